The van der Waals surface area contributed by atoms with Gasteiger partial charge in [0.05, 0.1) is 45.5 Å². The van der Waals surface area contributed by atoms with Crippen molar-refractivity contribution in [3.63, 3.8) is 0 Å². The monoisotopic (exact) mass is 564 g/mol. The first-order valence-corrected chi connectivity index (χ1v) is 13.5. The molecular formula is C30H33FN4O6. The van der Waals surface area contributed by atoms with Crippen molar-refractivity contribution in [2.75, 3.05) is 60.2 Å². The van der Waals surface area contributed by atoms with E-state index in [1.807, 2.05) is 6.07 Å². The fourth-order valence-electron chi connectivity index (χ4n) is 5.02. The molecular weight excluding hydrogens is 531 g/mol. The molecule has 2 amide bonds. The highest BCUT2D eigenvalue weighted by Gasteiger charge is 2.36. The average molecular weight is 565 g/mol. The number of nitrogens with zero attached hydrogens (tertiary/aromatic N) is 4. The molecule has 2 aromatic carbocycles. The quantitative estimate of drug-likeness (QED) is 0.371. The Kier molecular flexibility index (Phi) is 8.95. The van der Waals surface area contributed by atoms with Crippen LogP contribution in [-0.4, -0.2) is 92.5 Å². The van der Waals surface area contributed by atoms with Gasteiger partial charge in [0.1, 0.15) is 23.9 Å². The van der Waals surface area contributed by atoms with Gasteiger partial charge < -0.3 is 23.5 Å². The van der Waals surface area contributed by atoms with Crippen LogP contribution >= 0.6 is 0 Å². The number of carbonyl (C=O) groups excluding carboxylic acids is 2. The predicted octanol–water partition coefficient (Wildman–Crippen LogP) is 3.59. The number of hydrogen-bond donors (Lipinski definition) is 0. The molecule has 3 heterocycles. The van der Waals surface area contributed by atoms with E-state index in [-0.39, 0.29) is 29.9 Å². The van der Waals surface area contributed by atoms with E-state index >= 15 is 0 Å². The van der Waals surface area contributed by atoms with E-state index in [0.717, 1.165) is 18.7 Å². The van der Waals surface area contributed by atoms with Crippen molar-refractivity contribution in [2.45, 2.75) is 12.5 Å². The first kappa shape index (κ1) is 28.3. The maximum Gasteiger partial charge on any atom is 0.290 e. The van der Waals surface area contributed by atoms with Crippen LogP contribution in [0.2, 0.25) is 0 Å². The van der Waals surface area contributed by atoms with Gasteiger partial charge in [-0.3, -0.25) is 14.5 Å². The van der Waals surface area contributed by atoms with E-state index in [1.54, 1.807) is 50.6 Å². The van der Waals surface area contributed by atoms with Crippen molar-refractivity contribution < 1.29 is 32.6 Å². The van der Waals surface area contributed by atoms with Crippen molar-refractivity contribution in [1.82, 2.24) is 14.8 Å². The number of carbonyl (C=O) groups is 2. The summed E-state index contributed by atoms with van der Waals surface area (Å²) < 4.78 is 35.5. The molecule has 2 aliphatic rings. The molecule has 1 aromatic heterocycles. The van der Waals surface area contributed by atoms with Gasteiger partial charge in [0.2, 0.25) is 0 Å². The van der Waals surface area contributed by atoms with E-state index < -0.39 is 6.04 Å². The van der Waals surface area contributed by atoms with Gasteiger partial charge in [0.15, 0.2) is 5.76 Å². The molecule has 3 aromatic rings. The average Bonchev–Trinajstić information content (AvgIpc) is 3.71. The van der Waals surface area contributed by atoms with Crippen LogP contribution in [0.4, 0.5) is 4.39 Å². The summed E-state index contributed by atoms with van der Waals surface area (Å²) in [6, 6.07) is 14.1. The topological polar surface area (TPSA) is 97.1 Å². The molecule has 1 fully saturated rings. The van der Waals surface area contributed by atoms with Crippen LogP contribution in [0.3, 0.4) is 0 Å². The second-order valence-corrected chi connectivity index (χ2v) is 9.78. The van der Waals surface area contributed by atoms with Crippen LogP contribution in [-0.2, 0) is 9.53 Å². The third-order valence-electron chi connectivity index (χ3n) is 7.28. The molecule has 0 unspecified atom stereocenters. The summed E-state index contributed by atoms with van der Waals surface area (Å²) in [5.74, 6) is 0.207. The Bertz CT molecular complexity index is 1370. The predicted molar refractivity (Wildman–Crippen MR) is 149 cm³/mol. The van der Waals surface area contributed by atoms with Crippen LogP contribution in [0.5, 0.6) is 11.5 Å². The standard InChI is InChI=1S/C30H33FN4O6/c1-38-23-9-10-24(28(18-23)39-2)25-19-26(21-5-7-22(31)8-6-21)35(32-25)29(36)20-34(30(37)27-4-3-15-41-27)12-11-33-13-16-40-17-14-33/h3-10,15,18,26H,11-14,16-17,19-20H2,1-2H3/t26-/m1/s1. The molecule has 0 saturated carbocycles. The number of halogens is 1. The summed E-state index contributed by atoms with van der Waals surface area (Å²) in [5, 5.41) is 6.12. The van der Waals surface area contributed by atoms with Gasteiger partial charge in [-0.2, -0.15) is 5.10 Å². The van der Waals surface area contributed by atoms with E-state index in [2.05, 4.69) is 4.90 Å². The number of ether oxygens (including phenoxy) is 3. The first-order chi connectivity index (χ1) is 20.0. The zero-order chi connectivity index (χ0) is 28.8. The molecule has 11 heteroatoms. The van der Waals surface area contributed by atoms with Crippen molar-refractivity contribution >= 4 is 17.5 Å². The summed E-state index contributed by atoms with van der Waals surface area (Å²) in [6.45, 7) is 3.47. The highest BCUT2D eigenvalue weighted by Crippen LogP contribution is 2.36. The first-order valence-electron chi connectivity index (χ1n) is 13.5. The third kappa shape index (κ3) is 6.58. The number of furan rings is 1. The lowest BCUT2D eigenvalue weighted by Gasteiger charge is -2.30. The second-order valence-electron chi connectivity index (χ2n) is 9.78. The van der Waals surface area contributed by atoms with Crippen LogP contribution in [0.1, 0.15) is 34.1 Å². The van der Waals surface area contributed by atoms with Gasteiger partial charge in [-0.15, -0.1) is 0 Å². The zero-order valence-corrected chi connectivity index (χ0v) is 23.1. The number of morpholine rings is 1. The Hall–Kier alpha value is -4.22. The minimum Gasteiger partial charge on any atom is -0.497 e. The molecule has 0 bridgehead atoms. The number of rotatable bonds is 10. The zero-order valence-electron chi connectivity index (χ0n) is 23.1. The molecule has 5 rings (SSSR count). The number of hydrazone groups is 1. The smallest absolute Gasteiger partial charge is 0.290 e. The number of amides is 2. The summed E-state index contributed by atoms with van der Waals surface area (Å²) in [4.78, 5) is 30.9. The van der Waals surface area contributed by atoms with Crippen LogP contribution in [0, 0.1) is 5.82 Å². The summed E-state index contributed by atoms with van der Waals surface area (Å²) in [6.07, 6.45) is 1.80. The van der Waals surface area contributed by atoms with Crippen molar-refractivity contribution in [3.8, 4) is 11.5 Å². The van der Waals surface area contributed by atoms with Gasteiger partial charge in [-0.05, 0) is 42.0 Å². The Morgan fingerprint density at radius 2 is 1.85 bits per heavy atom. The van der Waals surface area contributed by atoms with Crippen molar-refractivity contribution in [1.29, 1.82) is 0 Å². The Morgan fingerprint density at radius 3 is 2.54 bits per heavy atom. The number of benzene rings is 2. The highest BCUT2D eigenvalue weighted by atomic mass is 19.1. The van der Waals surface area contributed by atoms with Crippen molar-refractivity contribution in [2.24, 2.45) is 5.10 Å². The Balaban J connectivity index is 1.43. The lowest BCUT2D eigenvalue weighted by Crippen LogP contribution is -2.46. The van der Waals surface area contributed by atoms with Crippen LogP contribution in [0.15, 0.2) is 70.4 Å². The van der Waals surface area contributed by atoms with E-state index in [0.29, 0.717) is 55.5 Å². The van der Waals surface area contributed by atoms with Crippen LogP contribution < -0.4 is 9.47 Å². The summed E-state index contributed by atoms with van der Waals surface area (Å²) in [7, 11) is 3.13. The molecule has 0 radical (unpaired) electrons. The van der Waals surface area contributed by atoms with Crippen LogP contribution in [0.25, 0.3) is 0 Å². The second kappa shape index (κ2) is 13.0. The molecule has 1 saturated heterocycles. The van der Waals surface area contributed by atoms with E-state index in [1.165, 1.54) is 28.3 Å². The lowest BCUT2D eigenvalue weighted by molar-refractivity contribution is -0.133. The molecule has 41 heavy (non-hydrogen) atoms. The minimum absolute atomic E-state index is 0.156. The fraction of sp³-hybridized carbons (Fsp3) is 0.367. The Morgan fingerprint density at radius 1 is 1.07 bits per heavy atom. The van der Waals surface area contributed by atoms with Gasteiger partial charge in [-0.25, -0.2) is 9.40 Å². The van der Waals surface area contributed by atoms with Gasteiger partial charge >= 0.3 is 0 Å². The summed E-state index contributed by atoms with van der Waals surface area (Å²) >= 11 is 0. The molecule has 0 aliphatic carbocycles. The van der Waals surface area contributed by atoms with Crippen molar-refractivity contribution in [3.05, 3.63) is 83.6 Å². The molecule has 216 valence electrons. The molecule has 10 nitrogen and oxygen atoms in total. The van der Waals surface area contributed by atoms with E-state index in [4.69, 9.17) is 23.7 Å². The molecule has 2 aliphatic heterocycles. The number of hydrogen-bond acceptors (Lipinski definition) is 8. The third-order valence-corrected chi connectivity index (χ3v) is 7.28. The summed E-state index contributed by atoms with van der Waals surface area (Å²) in [5.41, 5.74) is 2.07. The maximum absolute atomic E-state index is 13.9. The molecule has 0 N–H and O–H groups in total. The van der Waals surface area contributed by atoms with Gasteiger partial charge in [-0.1, -0.05) is 12.1 Å². The SMILES string of the molecule is COc1ccc(C2=NN(C(=O)CN(CCN3CCOCC3)C(=O)c3ccco3)[C@@H](c3ccc(F)cc3)C2)c(OC)c1. The fourth-order valence-corrected chi connectivity index (χ4v) is 5.02. The molecule has 0 spiro atoms. The van der Waals surface area contributed by atoms with E-state index in [9.17, 15) is 14.0 Å². The maximum atomic E-state index is 13.9. The largest absolute Gasteiger partial charge is 0.497 e. The van der Waals surface area contributed by atoms with Gasteiger partial charge in [0, 0.05) is 44.2 Å². The normalized spacial score (nSPS) is 17.3. The Labute approximate surface area is 237 Å². The molecule has 1 atom stereocenters. The number of methoxy groups -OCH3 is 2. The lowest BCUT2D eigenvalue weighted by atomic mass is 9.97. The van der Waals surface area contributed by atoms with Gasteiger partial charge in [0.25, 0.3) is 11.8 Å². The highest BCUT2D eigenvalue weighted by molar-refractivity contribution is 6.05. The minimum atomic E-state index is -0.496.